The van der Waals surface area contributed by atoms with E-state index in [1.165, 1.54) is 0 Å². The van der Waals surface area contributed by atoms with Crippen molar-refractivity contribution in [1.29, 1.82) is 0 Å². The molecular formula is C19H23N3O2. The molecule has 2 aromatic carbocycles. The molecule has 5 heteroatoms. The Labute approximate surface area is 142 Å². The highest BCUT2D eigenvalue weighted by atomic mass is 16.2. The number of anilines is 2. The lowest BCUT2D eigenvalue weighted by molar-refractivity contribution is -0.136. The molecule has 5 nitrogen and oxygen atoms in total. The lowest BCUT2D eigenvalue weighted by Crippen LogP contribution is -2.34. The first-order valence-corrected chi connectivity index (χ1v) is 8.12. The van der Waals surface area contributed by atoms with Crippen molar-refractivity contribution in [3.8, 4) is 0 Å². The minimum absolute atomic E-state index is 0.327. The standard InChI is InChI=1S/C19H23N3O2/c1-3-22(4-2)17-12-10-16(11-13-17)21-19(24)18(23)20-14-15-8-6-5-7-9-15/h5-13H,3-4,14H2,1-2H3,(H,20,23)(H,21,24). The summed E-state index contributed by atoms with van der Waals surface area (Å²) in [5.74, 6) is -1.31. The predicted octanol–water partition coefficient (Wildman–Crippen LogP) is 2.79. The normalized spacial score (nSPS) is 10.1. The van der Waals surface area contributed by atoms with Crippen LogP contribution < -0.4 is 15.5 Å². The van der Waals surface area contributed by atoms with Gasteiger partial charge in [0.15, 0.2) is 0 Å². The Hall–Kier alpha value is -2.82. The Morgan fingerprint density at radius 3 is 2.08 bits per heavy atom. The number of carbonyl (C=O) groups is 2. The fourth-order valence-electron chi connectivity index (χ4n) is 2.39. The summed E-state index contributed by atoms with van der Waals surface area (Å²) in [6.45, 7) is 6.36. The highest BCUT2D eigenvalue weighted by Crippen LogP contribution is 2.17. The number of nitrogens with zero attached hydrogens (tertiary/aromatic N) is 1. The van der Waals surface area contributed by atoms with Crippen LogP contribution in [0.1, 0.15) is 19.4 Å². The van der Waals surface area contributed by atoms with Crippen molar-refractivity contribution < 1.29 is 9.59 Å². The van der Waals surface area contributed by atoms with Crippen LogP contribution in [0, 0.1) is 0 Å². The third-order valence-corrected chi connectivity index (χ3v) is 3.76. The molecule has 0 aromatic heterocycles. The SMILES string of the molecule is CCN(CC)c1ccc(NC(=O)C(=O)NCc2ccccc2)cc1. The smallest absolute Gasteiger partial charge is 0.313 e. The number of carbonyl (C=O) groups excluding carboxylic acids is 2. The van der Waals surface area contributed by atoms with Gasteiger partial charge in [-0.1, -0.05) is 30.3 Å². The van der Waals surface area contributed by atoms with Crippen molar-refractivity contribution in [3.05, 3.63) is 60.2 Å². The molecule has 0 aliphatic carbocycles. The maximum absolute atomic E-state index is 11.9. The van der Waals surface area contributed by atoms with Crippen molar-refractivity contribution in [2.75, 3.05) is 23.3 Å². The Morgan fingerprint density at radius 1 is 0.875 bits per heavy atom. The summed E-state index contributed by atoms with van der Waals surface area (Å²) in [5.41, 5.74) is 2.64. The zero-order valence-electron chi connectivity index (χ0n) is 14.1. The molecular weight excluding hydrogens is 302 g/mol. The van der Waals surface area contributed by atoms with Gasteiger partial charge in [0.2, 0.25) is 0 Å². The van der Waals surface area contributed by atoms with Gasteiger partial charge in [-0.25, -0.2) is 0 Å². The summed E-state index contributed by atoms with van der Waals surface area (Å²) in [6, 6.07) is 16.9. The lowest BCUT2D eigenvalue weighted by atomic mass is 10.2. The average Bonchev–Trinajstić information content (AvgIpc) is 2.63. The summed E-state index contributed by atoms with van der Waals surface area (Å²) in [6.07, 6.45) is 0. The van der Waals surface area contributed by atoms with E-state index in [1.807, 2.05) is 42.5 Å². The third-order valence-electron chi connectivity index (χ3n) is 3.76. The Balaban J connectivity index is 1.88. The molecule has 0 aliphatic heterocycles. The van der Waals surface area contributed by atoms with Crippen LogP contribution in [-0.2, 0) is 16.1 Å². The summed E-state index contributed by atoms with van der Waals surface area (Å²) in [4.78, 5) is 26.0. The van der Waals surface area contributed by atoms with Crippen LogP contribution in [0.25, 0.3) is 0 Å². The second-order valence-corrected chi connectivity index (χ2v) is 5.34. The number of benzene rings is 2. The number of amides is 2. The van der Waals surface area contributed by atoms with Crippen molar-refractivity contribution >= 4 is 23.2 Å². The van der Waals surface area contributed by atoms with Crippen LogP contribution in [0.15, 0.2) is 54.6 Å². The van der Waals surface area contributed by atoms with Gasteiger partial charge in [-0.05, 0) is 43.7 Å². The fraction of sp³-hybridized carbons (Fsp3) is 0.263. The Kier molecular flexibility index (Phi) is 6.37. The van der Waals surface area contributed by atoms with Crippen LogP contribution in [0.4, 0.5) is 11.4 Å². The summed E-state index contributed by atoms with van der Waals surface area (Å²) >= 11 is 0. The van der Waals surface area contributed by atoms with Crippen LogP contribution in [0.3, 0.4) is 0 Å². The summed E-state index contributed by atoms with van der Waals surface area (Å²) < 4.78 is 0. The Bertz CT molecular complexity index is 665. The zero-order valence-corrected chi connectivity index (χ0v) is 14.1. The highest BCUT2D eigenvalue weighted by molar-refractivity contribution is 6.39. The van der Waals surface area contributed by atoms with Crippen molar-refractivity contribution in [1.82, 2.24) is 5.32 Å². The molecule has 2 amide bonds. The van der Waals surface area contributed by atoms with Gasteiger partial charge in [-0.2, -0.15) is 0 Å². The molecule has 0 atom stereocenters. The molecule has 0 radical (unpaired) electrons. The molecule has 0 aliphatic rings. The number of nitrogens with one attached hydrogen (secondary N) is 2. The first-order chi connectivity index (χ1) is 11.6. The Morgan fingerprint density at radius 2 is 1.50 bits per heavy atom. The van der Waals surface area contributed by atoms with E-state index >= 15 is 0 Å². The van der Waals surface area contributed by atoms with Gasteiger partial charge in [0.05, 0.1) is 0 Å². The van der Waals surface area contributed by atoms with E-state index in [1.54, 1.807) is 12.1 Å². The van der Waals surface area contributed by atoms with Crippen LogP contribution in [0.2, 0.25) is 0 Å². The minimum atomic E-state index is -0.665. The van der Waals surface area contributed by atoms with Gasteiger partial charge >= 0.3 is 11.8 Å². The van der Waals surface area contributed by atoms with Gasteiger partial charge in [0, 0.05) is 31.0 Å². The largest absolute Gasteiger partial charge is 0.372 e. The van der Waals surface area contributed by atoms with E-state index in [2.05, 4.69) is 29.4 Å². The molecule has 2 N–H and O–H groups in total. The molecule has 0 saturated carbocycles. The molecule has 24 heavy (non-hydrogen) atoms. The number of hydrogen-bond donors (Lipinski definition) is 2. The molecule has 2 rings (SSSR count). The van der Waals surface area contributed by atoms with Gasteiger partial charge in [0.25, 0.3) is 0 Å². The van der Waals surface area contributed by atoms with Gasteiger partial charge in [0.1, 0.15) is 0 Å². The van der Waals surface area contributed by atoms with E-state index in [4.69, 9.17) is 0 Å². The topological polar surface area (TPSA) is 61.4 Å². The molecule has 0 fully saturated rings. The monoisotopic (exact) mass is 325 g/mol. The van der Waals surface area contributed by atoms with E-state index in [0.717, 1.165) is 24.3 Å². The summed E-state index contributed by atoms with van der Waals surface area (Å²) in [7, 11) is 0. The predicted molar refractivity (Wildman–Crippen MR) is 96.9 cm³/mol. The van der Waals surface area contributed by atoms with Gasteiger partial charge in [-0.3, -0.25) is 9.59 Å². The van der Waals surface area contributed by atoms with Crippen LogP contribution >= 0.6 is 0 Å². The average molecular weight is 325 g/mol. The molecule has 0 bridgehead atoms. The van der Waals surface area contributed by atoms with Crippen molar-refractivity contribution in [2.24, 2.45) is 0 Å². The third kappa shape index (κ3) is 4.84. The second-order valence-electron chi connectivity index (χ2n) is 5.34. The number of hydrogen-bond acceptors (Lipinski definition) is 3. The first kappa shape index (κ1) is 17.5. The van der Waals surface area contributed by atoms with Crippen LogP contribution in [0.5, 0.6) is 0 Å². The van der Waals surface area contributed by atoms with Crippen molar-refractivity contribution in [2.45, 2.75) is 20.4 Å². The number of rotatable bonds is 6. The van der Waals surface area contributed by atoms with Crippen LogP contribution in [-0.4, -0.2) is 24.9 Å². The molecule has 126 valence electrons. The quantitative estimate of drug-likeness (QED) is 0.803. The van der Waals surface area contributed by atoms with E-state index in [0.29, 0.717) is 12.2 Å². The molecule has 2 aromatic rings. The van der Waals surface area contributed by atoms with Gasteiger partial charge < -0.3 is 15.5 Å². The highest BCUT2D eigenvalue weighted by Gasteiger charge is 2.13. The molecule has 0 heterocycles. The first-order valence-electron chi connectivity index (χ1n) is 8.12. The molecule has 0 spiro atoms. The lowest BCUT2D eigenvalue weighted by Gasteiger charge is -2.21. The molecule has 0 saturated heterocycles. The molecule has 0 unspecified atom stereocenters. The zero-order chi connectivity index (χ0) is 17.4. The second kappa shape index (κ2) is 8.72. The minimum Gasteiger partial charge on any atom is -0.372 e. The van der Waals surface area contributed by atoms with E-state index < -0.39 is 11.8 Å². The fourth-order valence-corrected chi connectivity index (χ4v) is 2.39. The van der Waals surface area contributed by atoms with Crippen molar-refractivity contribution in [3.63, 3.8) is 0 Å². The van der Waals surface area contributed by atoms with Gasteiger partial charge in [-0.15, -0.1) is 0 Å². The summed E-state index contributed by atoms with van der Waals surface area (Å²) in [5, 5.41) is 5.22. The van der Waals surface area contributed by atoms with E-state index in [9.17, 15) is 9.59 Å². The maximum atomic E-state index is 11.9. The maximum Gasteiger partial charge on any atom is 0.313 e. The van der Waals surface area contributed by atoms with E-state index in [-0.39, 0.29) is 0 Å².